The maximum atomic E-state index is 12.0. The van der Waals surface area contributed by atoms with Crippen molar-refractivity contribution < 1.29 is 4.79 Å². The van der Waals surface area contributed by atoms with Crippen molar-refractivity contribution in [3.63, 3.8) is 0 Å². The van der Waals surface area contributed by atoms with E-state index in [1.165, 1.54) is 19.3 Å². The molecule has 1 N–H and O–H groups in total. The topological polar surface area (TPSA) is 29.1 Å². The second kappa shape index (κ2) is 7.10. The van der Waals surface area contributed by atoms with E-state index in [1.54, 1.807) is 0 Å². The van der Waals surface area contributed by atoms with E-state index in [1.807, 2.05) is 31.2 Å². The number of carbonyl (C=O) groups excluding carboxylic acids is 1. The van der Waals surface area contributed by atoms with Gasteiger partial charge in [0.2, 0.25) is 0 Å². The molecule has 1 amide bonds. The molecule has 2 nitrogen and oxygen atoms in total. The van der Waals surface area contributed by atoms with Crippen LogP contribution in [0.4, 0.5) is 0 Å². The van der Waals surface area contributed by atoms with Crippen molar-refractivity contribution in [2.75, 3.05) is 0 Å². The Balaban J connectivity index is 2.46. The summed E-state index contributed by atoms with van der Waals surface area (Å²) in [6.07, 6.45) is 4.71. The average Bonchev–Trinajstić information content (AvgIpc) is 2.29. The third-order valence-electron chi connectivity index (χ3n) is 3.01. The molecule has 0 heterocycles. The lowest BCUT2D eigenvalue weighted by molar-refractivity contribution is 0.0937. The number of carbonyl (C=O) groups is 1. The molecule has 0 radical (unpaired) electrons. The van der Waals surface area contributed by atoms with E-state index < -0.39 is 0 Å². The molecule has 17 heavy (non-hydrogen) atoms. The predicted octanol–water partition coefficient (Wildman–Crippen LogP) is 3.69. The molecule has 1 aromatic carbocycles. The van der Waals surface area contributed by atoms with Crippen LogP contribution in [0.2, 0.25) is 0 Å². The van der Waals surface area contributed by atoms with E-state index in [2.05, 4.69) is 19.2 Å². The van der Waals surface area contributed by atoms with Crippen molar-refractivity contribution in [2.45, 2.75) is 52.5 Å². The first-order valence-electron chi connectivity index (χ1n) is 6.51. The van der Waals surface area contributed by atoms with Gasteiger partial charge in [0.1, 0.15) is 0 Å². The van der Waals surface area contributed by atoms with Gasteiger partial charge in [-0.3, -0.25) is 4.79 Å². The fraction of sp³-hybridized carbons (Fsp3) is 0.533. The lowest BCUT2D eigenvalue weighted by Gasteiger charge is -2.14. The van der Waals surface area contributed by atoms with Crippen LogP contribution in [-0.4, -0.2) is 11.9 Å². The average molecular weight is 233 g/mol. The number of rotatable bonds is 6. The summed E-state index contributed by atoms with van der Waals surface area (Å²) >= 11 is 0. The molecule has 94 valence electrons. The lowest BCUT2D eigenvalue weighted by atomic mass is 10.1. The van der Waals surface area contributed by atoms with Crippen molar-refractivity contribution in [1.29, 1.82) is 0 Å². The number of nitrogens with one attached hydrogen (secondary N) is 1. The van der Waals surface area contributed by atoms with Crippen molar-refractivity contribution >= 4 is 5.91 Å². The predicted molar refractivity (Wildman–Crippen MR) is 72.2 cm³/mol. The van der Waals surface area contributed by atoms with Crippen LogP contribution in [0.25, 0.3) is 0 Å². The summed E-state index contributed by atoms with van der Waals surface area (Å²) in [5.74, 6) is 0.0482. The lowest BCUT2D eigenvalue weighted by Crippen LogP contribution is -2.32. The smallest absolute Gasteiger partial charge is 0.251 e. The molecule has 1 atom stereocenters. The molecule has 1 aromatic rings. The maximum Gasteiger partial charge on any atom is 0.251 e. The molecule has 2 heteroatoms. The number of unbranched alkanes of at least 4 members (excludes halogenated alkanes) is 2. The fourth-order valence-electron chi connectivity index (χ4n) is 1.90. The van der Waals surface area contributed by atoms with Gasteiger partial charge in [-0.25, -0.2) is 0 Å². The number of amides is 1. The normalized spacial score (nSPS) is 12.2. The molecule has 0 aliphatic heterocycles. The minimum atomic E-state index is 0.0482. The highest BCUT2D eigenvalue weighted by Gasteiger charge is 2.10. The zero-order chi connectivity index (χ0) is 12.7. The standard InChI is InChI=1S/C15H23NO/c1-4-5-6-10-13(3)16-15(17)14-11-8-7-9-12(14)2/h7-9,11,13H,4-6,10H2,1-3H3,(H,16,17)/t13-/m0/s1. The Morgan fingerprint density at radius 1 is 1.29 bits per heavy atom. The Bertz CT molecular complexity index is 360. The summed E-state index contributed by atoms with van der Waals surface area (Å²) < 4.78 is 0. The van der Waals surface area contributed by atoms with Gasteiger partial charge in [0, 0.05) is 11.6 Å². The molecule has 0 unspecified atom stereocenters. The molecule has 0 saturated heterocycles. The SMILES string of the molecule is CCCCC[C@H](C)NC(=O)c1ccccc1C. The quantitative estimate of drug-likeness (QED) is 0.746. The number of benzene rings is 1. The van der Waals surface area contributed by atoms with E-state index in [0.717, 1.165) is 17.5 Å². The molecular formula is C15H23NO. The van der Waals surface area contributed by atoms with Crippen LogP contribution in [0.15, 0.2) is 24.3 Å². The van der Waals surface area contributed by atoms with Crippen molar-refractivity contribution in [3.05, 3.63) is 35.4 Å². The zero-order valence-electron chi connectivity index (χ0n) is 11.1. The van der Waals surface area contributed by atoms with Gasteiger partial charge >= 0.3 is 0 Å². The van der Waals surface area contributed by atoms with E-state index >= 15 is 0 Å². The largest absolute Gasteiger partial charge is 0.350 e. The minimum absolute atomic E-state index is 0.0482. The van der Waals surface area contributed by atoms with Gasteiger partial charge in [-0.05, 0) is 31.9 Å². The van der Waals surface area contributed by atoms with Gasteiger partial charge in [0.25, 0.3) is 5.91 Å². The molecule has 0 saturated carbocycles. The first-order chi connectivity index (χ1) is 8.15. The van der Waals surface area contributed by atoms with E-state index in [0.29, 0.717) is 0 Å². The number of hydrogen-bond donors (Lipinski definition) is 1. The minimum Gasteiger partial charge on any atom is -0.350 e. The fourth-order valence-corrected chi connectivity index (χ4v) is 1.90. The number of hydrogen-bond acceptors (Lipinski definition) is 1. The summed E-state index contributed by atoms with van der Waals surface area (Å²) in [7, 11) is 0. The van der Waals surface area contributed by atoms with E-state index in [9.17, 15) is 4.79 Å². The summed E-state index contributed by atoms with van der Waals surface area (Å²) in [5, 5.41) is 3.06. The Hall–Kier alpha value is -1.31. The van der Waals surface area contributed by atoms with Gasteiger partial charge in [0.05, 0.1) is 0 Å². The molecule has 1 rings (SSSR count). The molecule has 0 aromatic heterocycles. The van der Waals surface area contributed by atoms with E-state index in [-0.39, 0.29) is 11.9 Å². The highest BCUT2D eigenvalue weighted by atomic mass is 16.1. The first kappa shape index (κ1) is 13.8. The van der Waals surface area contributed by atoms with Crippen molar-refractivity contribution in [2.24, 2.45) is 0 Å². The van der Waals surface area contributed by atoms with Crippen LogP contribution in [-0.2, 0) is 0 Å². The Morgan fingerprint density at radius 2 is 2.00 bits per heavy atom. The van der Waals surface area contributed by atoms with Crippen LogP contribution in [0.3, 0.4) is 0 Å². The monoisotopic (exact) mass is 233 g/mol. The van der Waals surface area contributed by atoms with Crippen LogP contribution >= 0.6 is 0 Å². The molecule has 0 bridgehead atoms. The summed E-state index contributed by atoms with van der Waals surface area (Å²) in [6, 6.07) is 7.97. The van der Waals surface area contributed by atoms with Gasteiger partial charge in [-0.1, -0.05) is 44.4 Å². The maximum absolute atomic E-state index is 12.0. The Labute approximate surface area is 104 Å². The van der Waals surface area contributed by atoms with Gasteiger partial charge in [-0.15, -0.1) is 0 Å². The van der Waals surface area contributed by atoms with Crippen LogP contribution in [0.1, 0.15) is 55.5 Å². The van der Waals surface area contributed by atoms with Crippen LogP contribution in [0.5, 0.6) is 0 Å². The second-order valence-corrected chi connectivity index (χ2v) is 4.69. The molecule has 0 aliphatic carbocycles. The van der Waals surface area contributed by atoms with Gasteiger partial charge in [0.15, 0.2) is 0 Å². The third kappa shape index (κ3) is 4.59. The summed E-state index contributed by atoms with van der Waals surface area (Å²) in [6.45, 7) is 6.24. The Morgan fingerprint density at radius 3 is 2.65 bits per heavy atom. The zero-order valence-corrected chi connectivity index (χ0v) is 11.1. The van der Waals surface area contributed by atoms with Gasteiger partial charge < -0.3 is 5.32 Å². The molecule has 0 fully saturated rings. The van der Waals surface area contributed by atoms with Crippen LogP contribution in [0, 0.1) is 6.92 Å². The second-order valence-electron chi connectivity index (χ2n) is 4.69. The summed E-state index contributed by atoms with van der Waals surface area (Å²) in [5.41, 5.74) is 1.82. The molecular weight excluding hydrogens is 210 g/mol. The molecule has 0 spiro atoms. The van der Waals surface area contributed by atoms with E-state index in [4.69, 9.17) is 0 Å². The van der Waals surface area contributed by atoms with Crippen molar-refractivity contribution in [3.8, 4) is 0 Å². The van der Waals surface area contributed by atoms with Crippen LogP contribution < -0.4 is 5.32 Å². The third-order valence-corrected chi connectivity index (χ3v) is 3.01. The number of aryl methyl sites for hydroxylation is 1. The first-order valence-corrected chi connectivity index (χ1v) is 6.51. The van der Waals surface area contributed by atoms with Crippen molar-refractivity contribution in [1.82, 2.24) is 5.32 Å². The summed E-state index contributed by atoms with van der Waals surface area (Å²) in [4.78, 5) is 12.0. The Kier molecular flexibility index (Phi) is 5.75. The highest BCUT2D eigenvalue weighted by molar-refractivity contribution is 5.95. The van der Waals surface area contributed by atoms with Gasteiger partial charge in [-0.2, -0.15) is 0 Å². The highest BCUT2D eigenvalue weighted by Crippen LogP contribution is 2.08. The molecule has 0 aliphatic rings.